The Bertz CT molecular complexity index is 1080. The van der Waals surface area contributed by atoms with Crippen LogP contribution in [0, 0.1) is 10.1 Å². The van der Waals surface area contributed by atoms with Crippen molar-refractivity contribution in [3.63, 3.8) is 0 Å². The summed E-state index contributed by atoms with van der Waals surface area (Å²) < 4.78 is 10.5. The van der Waals surface area contributed by atoms with E-state index in [0.29, 0.717) is 22.8 Å². The number of benzene rings is 2. The highest BCUT2D eigenvalue weighted by molar-refractivity contribution is 5.94. The molecule has 0 atom stereocenters. The molecule has 0 saturated carbocycles. The van der Waals surface area contributed by atoms with Crippen molar-refractivity contribution < 1.29 is 19.2 Å². The second-order valence-electron chi connectivity index (χ2n) is 5.79. The van der Waals surface area contributed by atoms with Gasteiger partial charge in [-0.05, 0) is 24.3 Å². The van der Waals surface area contributed by atoms with Gasteiger partial charge in [0.25, 0.3) is 11.6 Å². The first-order chi connectivity index (χ1) is 14.0. The molecule has 0 unspecified atom stereocenters. The summed E-state index contributed by atoms with van der Waals surface area (Å²) in [7, 11) is 3.08. The maximum atomic E-state index is 12.2. The van der Waals surface area contributed by atoms with Gasteiger partial charge in [-0.3, -0.25) is 20.0 Å². The Morgan fingerprint density at radius 2 is 1.97 bits per heavy atom. The lowest BCUT2D eigenvalue weighted by molar-refractivity contribution is -0.384. The molecule has 0 aliphatic heterocycles. The fourth-order valence-corrected chi connectivity index (χ4v) is 2.53. The van der Waals surface area contributed by atoms with Crippen LogP contribution >= 0.6 is 0 Å². The zero-order chi connectivity index (χ0) is 20.8. The molecule has 0 saturated heterocycles. The second kappa shape index (κ2) is 8.65. The Morgan fingerprint density at radius 1 is 1.17 bits per heavy atom. The molecule has 2 N–H and O–H groups in total. The number of nitro benzene ring substituents is 1. The largest absolute Gasteiger partial charge is 0.493 e. The number of hydrogen-bond acceptors (Lipinski definition) is 7. The maximum Gasteiger partial charge on any atom is 0.289 e. The van der Waals surface area contributed by atoms with E-state index in [2.05, 4.69) is 20.7 Å². The molecule has 1 heterocycles. The molecule has 1 amide bonds. The number of nitrogens with one attached hydrogen (secondary N) is 2. The molecular formula is C19H17N5O5. The summed E-state index contributed by atoms with van der Waals surface area (Å²) in [5.74, 6) is 0.617. The Balaban J connectivity index is 1.70. The molecular weight excluding hydrogens is 378 g/mol. The molecule has 0 radical (unpaired) electrons. The van der Waals surface area contributed by atoms with Crippen LogP contribution < -0.4 is 14.9 Å². The minimum atomic E-state index is -0.508. The van der Waals surface area contributed by atoms with Crippen LogP contribution in [0.15, 0.2) is 53.6 Å². The number of carbonyl (C=O) groups is 1. The molecule has 0 fully saturated rings. The predicted octanol–water partition coefficient (Wildman–Crippen LogP) is 2.77. The first-order valence-corrected chi connectivity index (χ1v) is 8.37. The second-order valence-corrected chi connectivity index (χ2v) is 5.79. The van der Waals surface area contributed by atoms with Crippen LogP contribution in [0.2, 0.25) is 0 Å². The maximum absolute atomic E-state index is 12.2. The minimum Gasteiger partial charge on any atom is -0.493 e. The van der Waals surface area contributed by atoms with E-state index >= 15 is 0 Å². The van der Waals surface area contributed by atoms with Crippen molar-refractivity contribution in [3.8, 4) is 22.8 Å². The lowest BCUT2D eigenvalue weighted by atomic mass is 10.1. The van der Waals surface area contributed by atoms with Crippen LogP contribution in [0.5, 0.6) is 11.5 Å². The van der Waals surface area contributed by atoms with Gasteiger partial charge < -0.3 is 9.47 Å². The van der Waals surface area contributed by atoms with Crippen LogP contribution in [-0.4, -0.2) is 41.5 Å². The number of rotatable bonds is 7. The van der Waals surface area contributed by atoms with E-state index in [1.165, 1.54) is 31.5 Å². The van der Waals surface area contributed by atoms with Gasteiger partial charge in [0.1, 0.15) is 5.69 Å². The number of non-ortho nitro benzene ring substituents is 1. The quantitative estimate of drug-likeness (QED) is 0.359. The van der Waals surface area contributed by atoms with Gasteiger partial charge in [0.15, 0.2) is 11.5 Å². The summed E-state index contributed by atoms with van der Waals surface area (Å²) in [6, 6.07) is 12.7. The lowest BCUT2D eigenvalue weighted by Crippen LogP contribution is -2.18. The van der Waals surface area contributed by atoms with Gasteiger partial charge in [0.05, 0.1) is 31.1 Å². The van der Waals surface area contributed by atoms with Crippen molar-refractivity contribution in [2.24, 2.45) is 5.10 Å². The minimum absolute atomic E-state index is 0.0617. The summed E-state index contributed by atoms with van der Waals surface area (Å²) in [5, 5.41) is 21.4. The van der Waals surface area contributed by atoms with E-state index in [-0.39, 0.29) is 11.4 Å². The van der Waals surface area contributed by atoms with Gasteiger partial charge >= 0.3 is 0 Å². The highest BCUT2D eigenvalue weighted by Gasteiger charge is 2.13. The van der Waals surface area contributed by atoms with Gasteiger partial charge in [0, 0.05) is 23.3 Å². The Morgan fingerprint density at radius 3 is 2.69 bits per heavy atom. The van der Waals surface area contributed by atoms with E-state index < -0.39 is 10.8 Å². The van der Waals surface area contributed by atoms with Crippen LogP contribution in [0.25, 0.3) is 11.3 Å². The topological polar surface area (TPSA) is 132 Å². The zero-order valence-corrected chi connectivity index (χ0v) is 15.6. The van der Waals surface area contributed by atoms with Gasteiger partial charge in [-0.25, -0.2) is 5.43 Å². The number of aromatic nitrogens is 2. The summed E-state index contributed by atoms with van der Waals surface area (Å²) >= 11 is 0. The summed E-state index contributed by atoms with van der Waals surface area (Å²) in [6.45, 7) is 0. The zero-order valence-electron chi connectivity index (χ0n) is 15.6. The Kier molecular flexibility index (Phi) is 5.83. The van der Waals surface area contributed by atoms with Crippen LogP contribution in [-0.2, 0) is 0 Å². The third kappa shape index (κ3) is 4.56. The number of nitrogens with zero attached hydrogens (tertiary/aromatic N) is 3. The number of aromatic amines is 1. The van der Waals surface area contributed by atoms with Crippen molar-refractivity contribution in [1.29, 1.82) is 0 Å². The smallest absolute Gasteiger partial charge is 0.289 e. The number of methoxy groups -OCH3 is 2. The monoisotopic (exact) mass is 395 g/mol. The average molecular weight is 395 g/mol. The van der Waals surface area contributed by atoms with Crippen molar-refractivity contribution in [3.05, 3.63) is 69.9 Å². The number of carbonyl (C=O) groups excluding carboxylic acids is 1. The van der Waals surface area contributed by atoms with Gasteiger partial charge in [0.2, 0.25) is 0 Å². The first-order valence-electron chi connectivity index (χ1n) is 8.37. The molecule has 2 aromatic carbocycles. The molecule has 10 heteroatoms. The van der Waals surface area contributed by atoms with E-state index in [9.17, 15) is 14.9 Å². The molecule has 1 aromatic heterocycles. The average Bonchev–Trinajstić information content (AvgIpc) is 3.23. The summed E-state index contributed by atoms with van der Waals surface area (Å²) in [5.41, 5.74) is 4.24. The van der Waals surface area contributed by atoms with Crippen LogP contribution in [0.3, 0.4) is 0 Å². The van der Waals surface area contributed by atoms with E-state index in [0.717, 1.165) is 5.56 Å². The standard InChI is InChI=1S/C19H17N5O5/c1-28-17-7-6-13(9-18(17)29-2)15-10-16(22-21-15)19(25)23-20-11-12-4-3-5-14(8-12)24(26)27/h3-11H,1-2H3,(H,21,22)(H,23,25)/b20-11+. The van der Waals surface area contributed by atoms with Crippen LogP contribution in [0.4, 0.5) is 5.69 Å². The van der Waals surface area contributed by atoms with Gasteiger partial charge in [-0.1, -0.05) is 12.1 Å². The molecule has 29 heavy (non-hydrogen) atoms. The van der Waals surface area contributed by atoms with Crippen molar-refractivity contribution in [2.45, 2.75) is 0 Å². The number of H-pyrrole nitrogens is 1. The molecule has 0 spiro atoms. The molecule has 3 aromatic rings. The third-order valence-electron chi connectivity index (χ3n) is 3.96. The van der Waals surface area contributed by atoms with Gasteiger partial charge in [-0.2, -0.15) is 10.2 Å². The molecule has 10 nitrogen and oxygen atoms in total. The number of hydrazone groups is 1. The van der Waals surface area contributed by atoms with E-state index in [1.54, 1.807) is 37.4 Å². The number of amides is 1. The third-order valence-corrected chi connectivity index (χ3v) is 3.96. The first kappa shape index (κ1) is 19.5. The highest BCUT2D eigenvalue weighted by Crippen LogP contribution is 2.31. The fourth-order valence-electron chi connectivity index (χ4n) is 2.53. The Labute approximate surface area is 165 Å². The summed E-state index contributed by atoms with van der Waals surface area (Å²) in [4.78, 5) is 22.5. The fraction of sp³-hybridized carbons (Fsp3) is 0.105. The van der Waals surface area contributed by atoms with Crippen molar-refractivity contribution in [1.82, 2.24) is 15.6 Å². The van der Waals surface area contributed by atoms with E-state index in [1.807, 2.05) is 0 Å². The molecule has 148 valence electrons. The Hall–Kier alpha value is -4.21. The summed E-state index contributed by atoms with van der Waals surface area (Å²) in [6.07, 6.45) is 1.32. The molecule has 3 rings (SSSR count). The van der Waals surface area contributed by atoms with Crippen LogP contribution in [0.1, 0.15) is 16.1 Å². The SMILES string of the molecule is COc1ccc(-c2cc(C(=O)N/N=C/c3cccc([N+](=O)[O-])c3)[nH]n2)cc1OC. The number of nitro groups is 1. The van der Waals surface area contributed by atoms with E-state index in [4.69, 9.17) is 9.47 Å². The normalized spacial score (nSPS) is 10.7. The number of ether oxygens (including phenoxy) is 2. The molecule has 0 aliphatic rings. The highest BCUT2D eigenvalue weighted by atomic mass is 16.6. The number of hydrogen-bond donors (Lipinski definition) is 2. The molecule has 0 aliphatic carbocycles. The molecule has 0 bridgehead atoms. The van der Waals surface area contributed by atoms with Crippen molar-refractivity contribution in [2.75, 3.05) is 14.2 Å². The van der Waals surface area contributed by atoms with Crippen molar-refractivity contribution >= 4 is 17.8 Å². The van der Waals surface area contributed by atoms with Gasteiger partial charge in [-0.15, -0.1) is 0 Å². The lowest BCUT2D eigenvalue weighted by Gasteiger charge is -2.08. The predicted molar refractivity (Wildman–Crippen MR) is 105 cm³/mol.